The average Bonchev–Trinajstić information content (AvgIpc) is 2.25. The quantitative estimate of drug-likeness (QED) is 0.615. The van der Waals surface area contributed by atoms with Crippen molar-refractivity contribution < 1.29 is 22.0 Å². The molecule has 1 heterocycles. The summed E-state index contributed by atoms with van der Waals surface area (Å²) >= 11 is 2.81. The standard InChI is InChI=1S/C9H4BrF5N2/c10-2-7-4(3-16)5(9(13,14)15)1-6(17-7)8(11)12/h1,8H,2H2. The molecule has 92 valence electrons. The molecule has 0 amide bonds. The lowest BCUT2D eigenvalue weighted by molar-refractivity contribution is -0.138. The highest BCUT2D eigenvalue weighted by atomic mass is 79.9. The minimum atomic E-state index is -4.87. The van der Waals surface area contributed by atoms with E-state index in [-0.39, 0.29) is 17.1 Å². The van der Waals surface area contributed by atoms with Gasteiger partial charge in [0.25, 0.3) is 6.43 Å². The van der Waals surface area contributed by atoms with Crippen LogP contribution in [0.2, 0.25) is 0 Å². The second kappa shape index (κ2) is 4.96. The summed E-state index contributed by atoms with van der Waals surface area (Å²) < 4.78 is 62.4. The van der Waals surface area contributed by atoms with E-state index in [1.54, 1.807) is 0 Å². The maximum atomic E-state index is 12.6. The van der Waals surface area contributed by atoms with Crippen LogP contribution in [0, 0.1) is 11.3 Å². The summed E-state index contributed by atoms with van der Waals surface area (Å²) in [6.07, 6.45) is -7.99. The number of hydrogen-bond acceptors (Lipinski definition) is 2. The number of nitriles is 1. The van der Waals surface area contributed by atoms with Crippen LogP contribution in [-0.4, -0.2) is 4.98 Å². The van der Waals surface area contributed by atoms with Crippen LogP contribution in [0.15, 0.2) is 6.07 Å². The SMILES string of the molecule is N#Cc1c(C(F)(F)F)cc(C(F)F)nc1CBr. The van der Waals surface area contributed by atoms with Gasteiger partial charge < -0.3 is 0 Å². The van der Waals surface area contributed by atoms with E-state index in [2.05, 4.69) is 20.9 Å². The number of rotatable bonds is 2. The largest absolute Gasteiger partial charge is 0.417 e. The van der Waals surface area contributed by atoms with E-state index in [4.69, 9.17) is 5.26 Å². The fourth-order valence-electron chi connectivity index (χ4n) is 1.18. The molecule has 17 heavy (non-hydrogen) atoms. The third-order valence-electron chi connectivity index (χ3n) is 1.88. The number of alkyl halides is 6. The van der Waals surface area contributed by atoms with Crippen molar-refractivity contribution in [2.45, 2.75) is 17.9 Å². The summed E-state index contributed by atoms with van der Waals surface area (Å²) in [6.45, 7) is 0. The fourth-order valence-corrected chi connectivity index (χ4v) is 1.58. The van der Waals surface area contributed by atoms with Gasteiger partial charge in [-0.3, -0.25) is 0 Å². The number of nitrogens with zero attached hydrogens (tertiary/aromatic N) is 2. The van der Waals surface area contributed by atoms with Crippen LogP contribution in [-0.2, 0) is 11.5 Å². The predicted octanol–water partition coefficient (Wildman–Crippen LogP) is 3.80. The molecule has 0 aliphatic carbocycles. The molecule has 2 nitrogen and oxygen atoms in total. The van der Waals surface area contributed by atoms with Gasteiger partial charge in [-0.25, -0.2) is 13.8 Å². The van der Waals surface area contributed by atoms with E-state index in [0.717, 1.165) is 0 Å². The Labute approximate surface area is 101 Å². The molecule has 0 atom stereocenters. The van der Waals surface area contributed by atoms with E-state index in [1.165, 1.54) is 6.07 Å². The Kier molecular flexibility index (Phi) is 4.03. The maximum Gasteiger partial charge on any atom is 0.417 e. The molecular formula is C9H4BrF5N2. The Morgan fingerprint density at radius 1 is 1.41 bits per heavy atom. The monoisotopic (exact) mass is 314 g/mol. The average molecular weight is 315 g/mol. The highest BCUT2D eigenvalue weighted by Crippen LogP contribution is 2.35. The van der Waals surface area contributed by atoms with Gasteiger partial charge in [0.2, 0.25) is 0 Å². The van der Waals surface area contributed by atoms with Crippen molar-refractivity contribution in [2.75, 3.05) is 0 Å². The van der Waals surface area contributed by atoms with Gasteiger partial charge in [-0.05, 0) is 6.07 Å². The molecular weight excluding hydrogens is 311 g/mol. The van der Waals surface area contributed by atoms with Crippen molar-refractivity contribution in [1.29, 1.82) is 5.26 Å². The second-order valence-electron chi connectivity index (χ2n) is 2.96. The molecule has 0 unspecified atom stereocenters. The number of hydrogen-bond donors (Lipinski definition) is 0. The Balaban J connectivity index is 3.56. The molecule has 1 aromatic heterocycles. The molecule has 1 aromatic rings. The highest BCUT2D eigenvalue weighted by Gasteiger charge is 2.36. The summed E-state index contributed by atoms with van der Waals surface area (Å²) in [5.74, 6) is 0. The van der Waals surface area contributed by atoms with Gasteiger partial charge >= 0.3 is 6.18 Å². The summed E-state index contributed by atoms with van der Waals surface area (Å²) in [7, 11) is 0. The molecule has 0 fully saturated rings. The van der Waals surface area contributed by atoms with Crippen LogP contribution in [0.5, 0.6) is 0 Å². The van der Waals surface area contributed by atoms with Gasteiger partial charge in [0.1, 0.15) is 11.8 Å². The Bertz CT molecular complexity index is 464. The number of pyridine rings is 1. The molecule has 0 N–H and O–H groups in total. The molecule has 0 spiro atoms. The molecule has 8 heteroatoms. The Morgan fingerprint density at radius 2 is 2.00 bits per heavy atom. The summed E-state index contributed by atoms with van der Waals surface area (Å²) in [6, 6.07) is 1.53. The second-order valence-corrected chi connectivity index (χ2v) is 3.52. The van der Waals surface area contributed by atoms with Gasteiger partial charge in [-0.1, -0.05) is 15.9 Å². The van der Waals surface area contributed by atoms with Crippen molar-refractivity contribution in [1.82, 2.24) is 4.98 Å². The van der Waals surface area contributed by atoms with E-state index in [1.807, 2.05) is 0 Å². The van der Waals surface area contributed by atoms with Crippen LogP contribution in [0.4, 0.5) is 22.0 Å². The van der Waals surface area contributed by atoms with Crippen molar-refractivity contribution in [2.24, 2.45) is 0 Å². The predicted molar refractivity (Wildman–Crippen MR) is 51.5 cm³/mol. The molecule has 0 radical (unpaired) electrons. The first-order valence-corrected chi connectivity index (χ1v) is 5.28. The summed E-state index contributed by atoms with van der Waals surface area (Å²) in [5, 5.41) is 8.42. The highest BCUT2D eigenvalue weighted by molar-refractivity contribution is 9.08. The lowest BCUT2D eigenvalue weighted by Gasteiger charge is -2.12. The first kappa shape index (κ1) is 13.8. The van der Waals surface area contributed by atoms with Crippen LogP contribution in [0.1, 0.15) is 28.9 Å². The van der Waals surface area contributed by atoms with E-state index >= 15 is 0 Å². The van der Waals surface area contributed by atoms with Crippen molar-refractivity contribution >= 4 is 15.9 Å². The van der Waals surface area contributed by atoms with Crippen LogP contribution >= 0.6 is 15.9 Å². The Hall–Kier alpha value is -1.23. The first-order valence-electron chi connectivity index (χ1n) is 4.16. The van der Waals surface area contributed by atoms with Crippen molar-refractivity contribution in [3.63, 3.8) is 0 Å². The zero-order valence-corrected chi connectivity index (χ0v) is 9.61. The third-order valence-corrected chi connectivity index (χ3v) is 2.41. The number of halogens is 6. The van der Waals surface area contributed by atoms with Crippen LogP contribution in [0.25, 0.3) is 0 Å². The van der Waals surface area contributed by atoms with Crippen molar-refractivity contribution in [3.05, 3.63) is 28.6 Å². The van der Waals surface area contributed by atoms with E-state index < -0.39 is 29.4 Å². The molecule has 1 rings (SSSR count). The van der Waals surface area contributed by atoms with Gasteiger partial charge in [0.15, 0.2) is 0 Å². The van der Waals surface area contributed by atoms with Gasteiger partial charge in [0, 0.05) is 5.33 Å². The Morgan fingerprint density at radius 3 is 2.35 bits per heavy atom. The van der Waals surface area contributed by atoms with Gasteiger partial charge in [0.05, 0.1) is 16.8 Å². The summed E-state index contributed by atoms with van der Waals surface area (Å²) in [5.41, 5.74) is -3.47. The minimum Gasteiger partial charge on any atom is -0.250 e. The number of aromatic nitrogens is 1. The van der Waals surface area contributed by atoms with E-state index in [0.29, 0.717) is 0 Å². The summed E-state index contributed by atoms with van der Waals surface area (Å²) in [4.78, 5) is 3.32. The van der Waals surface area contributed by atoms with E-state index in [9.17, 15) is 22.0 Å². The van der Waals surface area contributed by atoms with Crippen molar-refractivity contribution in [3.8, 4) is 6.07 Å². The van der Waals surface area contributed by atoms with Gasteiger partial charge in [-0.2, -0.15) is 18.4 Å². The molecule has 0 saturated heterocycles. The fraction of sp³-hybridized carbons (Fsp3) is 0.333. The van der Waals surface area contributed by atoms with Gasteiger partial charge in [-0.15, -0.1) is 0 Å². The van der Waals surface area contributed by atoms with Crippen LogP contribution in [0.3, 0.4) is 0 Å². The zero-order chi connectivity index (χ0) is 13.2. The molecule has 0 saturated carbocycles. The topological polar surface area (TPSA) is 36.7 Å². The maximum absolute atomic E-state index is 12.6. The first-order chi connectivity index (χ1) is 7.81. The molecule has 0 aliphatic rings. The lowest BCUT2D eigenvalue weighted by Crippen LogP contribution is -2.12. The normalized spacial score (nSPS) is 11.6. The van der Waals surface area contributed by atoms with Crippen LogP contribution < -0.4 is 0 Å². The molecule has 0 aromatic carbocycles. The minimum absolute atomic E-state index is 0.204. The molecule has 0 aliphatic heterocycles. The molecule has 0 bridgehead atoms. The lowest BCUT2D eigenvalue weighted by atomic mass is 10.1. The zero-order valence-electron chi connectivity index (χ0n) is 8.02. The third kappa shape index (κ3) is 2.91. The smallest absolute Gasteiger partial charge is 0.250 e.